The molecule has 0 saturated carbocycles. The van der Waals surface area contributed by atoms with E-state index >= 15 is 0 Å². The summed E-state index contributed by atoms with van der Waals surface area (Å²) in [5.74, 6) is 0.469. The summed E-state index contributed by atoms with van der Waals surface area (Å²) in [4.78, 5) is 12.5. The number of fused-ring (bicyclic) bond motifs is 3. The lowest BCUT2D eigenvalue weighted by atomic mass is 9.93. The van der Waals surface area contributed by atoms with Gasteiger partial charge in [-0.1, -0.05) is 29.4 Å². The van der Waals surface area contributed by atoms with Crippen molar-refractivity contribution in [3.8, 4) is 11.5 Å². The Bertz CT molecular complexity index is 1000. The SMILES string of the molecule is COc1ccc([C@@H]2C(=NO)Oc3c2c(=O)oc2ccccc32)cc1. The van der Waals surface area contributed by atoms with E-state index < -0.39 is 11.5 Å². The maximum absolute atomic E-state index is 12.5. The van der Waals surface area contributed by atoms with Gasteiger partial charge in [0.15, 0.2) is 5.75 Å². The molecule has 4 rings (SSSR count). The maximum Gasteiger partial charge on any atom is 0.344 e. The molecule has 0 bridgehead atoms. The second-order valence-electron chi connectivity index (χ2n) is 5.37. The molecule has 0 unspecified atom stereocenters. The number of hydrogen-bond acceptors (Lipinski definition) is 6. The topological polar surface area (TPSA) is 81.3 Å². The Morgan fingerprint density at radius 2 is 1.88 bits per heavy atom. The Morgan fingerprint density at radius 1 is 1.12 bits per heavy atom. The molecule has 2 heterocycles. The predicted octanol–water partition coefficient (Wildman–Crippen LogP) is 3.11. The van der Waals surface area contributed by atoms with Crippen LogP contribution in [0.1, 0.15) is 17.0 Å². The monoisotopic (exact) mass is 323 g/mol. The highest BCUT2D eigenvalue weighted by Gasteiger charge is 2.38. The van der Waals surface area contributed by atoms with Crippen LogP contribution in [0.3, 0.4) is 0 Å². The molecule has 1 N–H and O–H groups in total. The van der Waals surface area contributed by atoms with E-state index in [0.29, 0.717) is 28.0 Å². The molecule has 24 heavy (non-hydrogen) atoms. The molecule has 0 amide bonds. The number of nitrogens with zero attached hydrogens (tertiary/aromatic N) is 1. The number of benzene rings is 2. The molecule has 3 aromatic rings. The molecule has 6 heteroatoms. The van der Waals surface area contributed by atoms with Gasteiger partial charge in [0, 0.05) is 0 Å². The van der Waals surface area contributed by atoms with Crippen LogP contribution in [0.4, 0.5) is 0 Å². The third kappa shape index (κ3) is 2.04. The summed E-state index contributed by atoms with van der Waals surface area (Å²) in [5, 5.41) is 13.2. The lowest BCUT2D eigenvalue weighted by Gasteiger charge is -2.09. The summed E-state index contributed by atoms with van der Waals surface area (Å²) in [6.45, 7) is 0. The first-order valence-electron chi connectivity index (χ1n) is 7.32. The summed E-state index contributed by atoms with van der Waals surface area (Å²) in [5.41, 5.74) is 0.980. The fourth-order valence-electron chi connectivity index (χ4n) is 2.97. The first-order chi connectivity index (χ1) is 11.7. The van der Waals surface area contributed by atoms with E-state index in [1.807, 2.05) is 6.07 Å². The van der Waals surface area contributed by atoms with Gasteiger partial charge >= 0.3 is 5.63 Å². The molecule has 0 fully saturated rings. The first kappa shape index (κ1) is 14.3. The summed E-state index contributed by atoms with van der Waals surface area (Å²) in [7, 11) is 1.57. The third-order valence-electron chi connectivity index (χ3n) is 4.09. The van der Waals surface area contributed by atoms with Gasteiger partial charge in [0.05, 0.1) is 24.0 Å². The molecule has 1 aliphatic rings. The van der Waals surface area contributed by atoms with E-state index in [2.05, 4.69) is 5.16 Å². The van der Waals surface area contributed by atoms with Gasteiger partial charge in [0.2, 0.25) is 5.90 Å². The van der Waals surface area contributed by atoms with Crippen LogP contribution in [0.15, 0.2) is 62.9 Å². The number of rotatable bonds is 2. The van der Waals surface area contributed by atoms with E-state index in [1.165, 1.54) is 0 Å². The zero-order valence-corrected chi connectivity index (χ0v) is 12.7. The first-order valence-corrected chi connectivity index (χ1v) is 7.32. The Kier molecular flexibility index (Phi) is 3.23. The van der Waals surface area contributed by atoms with Crippen molar-refractivity contribution in [2.45, 2.75) is 5.92 Å². The summed E-state index contributed by atoms with van der Waals surface area (Å²) in [6.07, 6.45) is 0. The molecular formula is C18H13NO5. The second-order valence-corrected chi connectivity index (χ2v) is 5.37. The average Bonchev–Trinajstić information content (AvgIpc) is 3.02. The van der Waals surface area contributed by atoms with Crippen LogP contribution in [0, 0.1) is 0 Å². The second kappa shape index (κ2) is 5.42. The molecule has 6 nitrogen and oxygen atoms in total. The van der Waals surface area contributed by atoms with Crippen LogP contribution in [-0.2, 0) is 0 Å². The van der Waals surface area contributed by atoms with Gasteiger partial charge in [-0.25, -0.2) is 4.79 Å². The summed E-state index contributed by atoms with van der Waals surface area (Å²) >= 11 is 0. The van der Waals surface area contributed by atoms with Gasteiger partial charge in [-0.3, -0.25) is 0 Å². The quantitative estimate of drug-likeness (QED) is 0.445. The van der Waals surface area contributed by atoms with E-state index in [9.17, 15) is 10.0 Å². The maximum atomic E-state index is 12.5. The Morgan fingerprint density at radius 3 is 2.58 bits per heavy atom. The number of hydrogen-bond donors (Lipinski definition) is 1. The van der Waals surface area contributed by atoms with Gasteiger partial charge in [0.1, 0.15) is 11.3 Å². The standard InChI is InChI=1S/C18H13NO5/c1-22-11-8-6-10(7-9-11)14-15-16(24-17(14)19-21)12-4-2-3-5-13(12)23-18(15)20/h2-9,14,21H,1H3/t14-/m0/s1. The van der Waals surface area contributed by atoms with E-state index in [0.717, 1.165) is 5.56 Å². The predicted molar refractivity (Wildman–Crippen MR) is 87.2 cm³/mol. The molecule has 1 aromatic heterocycles. The molecule has 0 radical (unpaired) electrons. The van der Waals surface area contributed by atoms with Crippen molar-refractivity contribution in [3.63, 3.8) is 0 Å². The van der Waals surface area contributed by atoms with Crippen molar-refractivity contribution in [1.29, 1.82) is 0 Å². The third-order valence-corrected chi connectivity index (χ3v) is 4.09. The number of oxime groups is 1. The Labute approximate surface area is 136 Å². The van der Waals surface area contributed by atoms with Crippen LogP contribution in [-0.4, -0.2) is 18.2 Å². The van der Waals surface area contributed by atoms with Crippen LogP contribution in [0.2, 0.25) is 0 Å². The van der Waals surface area contributed by atoms with Crippen molar-refractivity contribution in [3.05, 3.63) is 70.1 Å². The van der Waals surface area contributed by atoms with E-state index in [4.69, 9.17) is 13.9 Å². The average molecular weight is 323 g/mol. The number of para-hydroxylation sites is 1. The van der Waals surface area contributed by atoms with Crippen LogP contribution < -0.4 is 15.1 Å². The lowest BCUT2D eigenvalue weighted by Crippen LogP contribution is -2.16. The zero-order valence-electron chi connectivity index (χ0n) is 12.7. The molecule has 0 spiro atoms. The Balaban J connectivity index is 1.96. The minimum absolute atomic E-state index is 0.0406. The summed E-state index contributed by atoms with van der Waals surface area (Å²) in [6, 6.07) is 14.2. The van der Waals surface area contributed by atoms with Crippen LogP contribution >= 0.6 is 0 Å². The largest absolute Gasteiger partial charge is 0.497 e. The molecule has 1 atom stereocenters. The smallest absolute Gasteiger partial charge is 0.344 e. The van der Waals surface area contributed by atoms with Gasteiger partial charge in [-0.05, 0) is 29.8 Å². The molecule has 0 saturated heterocycles. The van der Waals surface area contributed by atoms with E-state index in [-0.39, 0.29) is 5.90 Å². The Hall–Kier alpha value is -3.28. The number of ether oxygens (including phenoxy) is 2. The molecule has 120 valence electrons. The van der Waals surface area contributed by atoms with Crippen molar-refractivity contribution in [2.24, 2.45) is 5.16 Å². The highest BCUT2D eigenvalue weighted by molar-refractivity contribution is 5.99. The van der Waals surface area contributed by atoms with Crippen molar-refractivity contribution >= 4 is 16.9 Å². The van der Waals surface area contributed by atoms with Crippen molar-refractivity contribution in [1.82, 2.24) is 0 Å². The highest BCUT2D eigenvalue weighted by Crippen LogP contribution is 2.42. The van der Waals surface area contributed by atoms with Crippen molar-refractivity contribution in [2.75, 3.05) is 7.11 Å². The summed E-state index contributed by atoms with van der Waals surface area (Å²) < 4.78 is 16.2. The van der Waals surface area contributed by atoms with Crippen LogP contribution in [0.25, 0.3) is 11.0 Å². The number of methoxy groups -OCH3 is 1. The molecule has 2 aromatic carbocycles. The van der Waals surface area contributed by atoms with E-state index in [1.54, 1.807) is 49.6 Å². The van der Waals surface area contributed by atoms with Gasteiger partial charge in [-0.2, -0.15) is 0 Å². The molecule has 1 aliphatic heterocycles. The molecule has 0 aliphatic carbocycles. The fourth-order valence-corrected chi connectivity index (χ4v) is 2.97. The van der Waals surface area contributed by atoms with Gasteiger partial charge in [-0.15, -0.1) is 0 Å². The van der Waals surface area contributed by atoms with Crippen LogP contribution in [0.5, 0.6) is 11.5 Å². The van der Waals surface area contributed by atoms with Gasteiger partial charge < -0.3 is 19.1 Å². The minimum Gasteiger partial charge on any atom is -0.497 e. The highest BCUT2D eigenvalue weighted by atomic mass is 16.5. The van der Waals surface area contributed by atoms with Gasteiger partial charge in [0.25, 0.3) is 0 Å². The molecular weight excluding hydrogens is 310 g/mol. The lowest BCUT2D eigenvalue weighted by molar-refractivity contribution is 0.303. The fraction of sp³-hybridized carbons (Fsp3) is 0.111. The normalized spacial score (nSPS) is 17.7. The van der Waals surface area contributed by atoms with Crippen molar-refractivity contribution < 1.29 is 19.1 Å². The zero-order chi connectivity index (χ0) is 16.7. The minimum atomic E-state index is -0.628.